The summed E-state index contributed by atoms with van der Waals surface area (Å²) < 4.78 is 36.3. The van der Waals surface area contributed by atoms with Gasteiger partial charge in [0.2, 0.25) is 0 Å². The Kier molecular flexibility index (Phi) is 6.67. The number of nitrogens with zero attached hydrogens (tertiary/aromatic N) is 2. The quantitative estimate of drug-likeness (QED) is 0.404. The Morgan fingerprint density at radius 3 is 2.27 bits per heavy atom. The van der Waals surface area contributed by atoms with E-state index in [0.29, 0.717) is 62.8 Å². The standard InChI is InChI=1S/C30H33F2N3O2/c1-21(2)23-9-7-22(8-10-23)20-35(26-18-24(31)17-25(32)19-26)16-13-30(11-14-34(15-12-30)29(33)36)37-28-6-4-3-5-27(28)35/h3-10,17-19,21H,11-16,20H2,1-2H3,(H-,33,36)/p+1. The molecule has 3 aromatic carbocycles. The van der Waals surface area contributed by atoms with Crippen LogP contribution in [0.3, 0.4) is 0 Å². The zero-order valence-electron chi connectivity index (χ0n) is 21.4. The molecule has 7 heteroatoms. The van der Waals surface area contributed by atoms with Gasteiger partial charge in [-0.15, -0.1) is 0 Å². The second-order valence-corrected chi connectivity index (χ2v) is 10.7. The number of ether oxygens (including phenoxy) is 1. The first-order valence-electron chi connectivity index (χ1n) is 13.0. The highest BCUT2D eigenvalue weighted by Crippen LogP contribution is 2.49. The number of quaternary nitrogens is 1. The zero-order chi connectivity index (χ0) is 26.2. The Balaban J connectivity index is 1.62. The van der Waals surface area contributed by atoms with Crippen LogP contribution < -0.4 is 15.0 Å². The van der Waals surface area contributed by atoms with Crippen LogP contribution in [-0.4, -0.2) is 36.2 Å². The van der Waals surface area contributed by atoms with Crippen molar-refractivity contribution in [1.29, 1.82) is 0 Å². The fourth-order valence-electron chi connectivity index (χ4n) is 5.81. The third-order valence-electron chi connectivity index (χ3n) is 8.03. The number of hydrogen-bond donors (Lipinski definition) is 1. The molecule has 194 valence electrons. The first kappa shape index (κ1) is 25.2. The van der Waals surface area contributed by atoms with E-state index >= 15 is 0 Å². The van der Waals surface area contributed by atoms with Gasteiger partial charge in [-0.05, 0) is 17.5 Å². The SMILES string of the molecule is CC(C)c1ccc(C[N+]2(c3cc(F)cc(F)c3)CCC3(CCN(C(N)=O)CC3)Oc3ccccc32)cc1. The molecule has 1 spiro atoms. The number of likely N-dealkylation sites (tertiary alicyclic amines) is 1. The normalized spacial score (nSPS) is 20.8. The van der Waals surface area contributed by atoms with Crippen LogP contribution in [0.1, 0.15) is 50.2 Å². The molecule has 2 N–H and O–H groups in total. The molecule has 0 aliphatic carbocycles. The van der Waals surface area contributed by atoms with Crippen LogP contribution in [0.5, 0.6) is 5.75 Å². The Morgan fingerprint density at radius 1 is 1.00 bits per heavy atom. The van der Waals surface area contributed by atoms with Crippen molar-refractivity contribution < 1.29 is 18.3 Å². The molecule has 1 unspecified atom stereocenters. The van der Waals surface area contributed by atoms with Crippen molar-refractivity contribution in [3.63, 3.8) is 0 Å². The maximum Gasteiger partial charge on any atom is 0.314 e. The average molecular weight is 507 g/mol. The van der Waals surface area contributed by atoms with Crippen molar-refractivity contribution in [2.45, 2.75) is 51.2 Å². The molecule has 5 rings (SSSR count). The molecular formula is C30H34F2N3O2+. The van der Waals surface area contributed by atoms with Gasteiger partial charge in [-0.1, -0.05) is 50.2 Å². The predicted molar refractivity (Wildman–Crippen MR) is 142 cm³/mol. The number of primary amides is 1. The molecular weight excluding hydrogens is 472 g/mol. The summed E-state index contributed by atoms with van der Waals surface area (Å²) in [6.07, 6.45) is 1.95. The molecule has 2 amide bonds. The maximum atomic E-state index is 14.6. The number of fused-ring (bicyclic) bond motifs is 1. The fraction of sp³-hybridized carbons (Fsp3) is 0.367. The van der Waals surface area contributed by atoms with Crippen LogP contribution in [0, 0.1) is 11.6 Å². The van der Waals surface area contributed by atoms with Gasteiger partial charge in [-0.25, -0.2) is 13.6 Å². The largest absolute Gasteiger partial charge is 0.481 e. The van der Waals surface area contributed by atoms with E-state index in [1.54, 1.807) is 4.90 Å². The summed E-state index contributed by atoms with van der Waals surface area (Å²) in [7, 11) is 0. The smallest absolute Gasteiger partial charge is 0.314 e. The highest BCUT2D eigenvalue weighted by Gasteiger charge is 2.47. The Bertz CT molecular complexity index is 1270. The van der Waals surface area contributed by atoms with E-state index in [2.05, 4.69) is 38.1 Å². The number of carbonyl (C=O) groups is 1. The fourth-order valence-corrected chi connectivity index (χ4v) is 5.81. The van der Waals surface area contributed by atoms with Crippen LogP contribution in [0.4, 0.5) is 25.0 Å². The van der Waals surface area contributed by atoms with Crippen molar-refractivity contribution in [1.82, 2.24) is 9.38 Å². The van der Waals surface area contributed by atoms with Gasteiger partial charge in [-0.2, -0.15) is 0 Å². The molecule has 5 nitrogen and oxygen atoms in total. The average Bonchev–Trinajstić information content (AvgIpc) is 2.99. The maximum absolute atomic E-state index is 14.6. The summed E-state index contributed by atoms with van der Waals surface area (Å²) in [4.78, 5) is 13.4. The third-order valence-corrected chi connectivity index (χ3v) is 8.03. The second-order valence-electron chi connectivity index (χ2n) is 10.7. The van der Waals surface area contributed by atoms with E-state index in [-0.39, 0.29) is 4.48 Å². The lowest BCUT2D eigenvalue weighted by atomic mass is 9.87. The minimum atomic E-state index is -0.602. The number of hydrogen-bond acceptors (Lipinski definition) is 2. The number of piperidine rings is 1. The van der Waals surface area contributed by atoms with Crippen LogP contribution in [0.2, 0.25) is 0 Å². The van der Waals surface area contributed by atoms with E-state index in [9.17, 15) is 13.6 Å². The molecule has 37 heavy (non-hydrogen) atoms. The highest BCUT2D eigenvalue weighted by atomic mass is 19.1. The molecule has 3 aromatic rings. The van der Waals surface area contributed by atoms with Crippen LogP contribution in [0.15, 0.2) is 66.7 Å². The van der Waals surface area contributed by atoms with Crippen LogP contribution in [0.25, 0.3) is 0 Å². The topological polar surface area (TPSA) is 55.6 Å². The molecule has 0 bridgehead atoms. The van der Waals surface area contributed by atoms with E-state index in [4.69, 9.17) is 10.5 Å². The van der Waals surface area contributed by atoms with Gasteiger partial charge in [0.25, 0.3) is 0 Å². The van der Waals surface area contributed by atoms with Crippen molar-refractivity contribution in [3.05, 3.63) is 89.5 Å². The molecule has 1 fully saturated rings. The lowest BCUT2D eigenvalue weighted by Crippen LogP contribution is -2.52. The van der Waals surface area contributed by atoms with E-state index in [0.717, 1.165) is 17.3 Å². The Morgan fingerprint density at radius 2 is 1.65 bits per heavy atom. The predicted octanol–water partition coefficient (Wildman–Crippen LogP) is 6.62. The third kappa shape index (κ3) is 4.92. The first-order valence-corrected chi connectivity index (χ1v) is 13.0. The summed E-state index contributed by atoms with van der Waals surface area (Å²) in [6.45, 7) is 6.45. The van der Waals surface area contributed by atoms with Crippen molar-refractivity contribution in [3.8, 4) is 5.75 Å². The van der Waals surface area contributed by atoms with Crippen molar-refractivity contribution in [2.75, 3.05) is 19.6 Å². The highest BCUT2D eigenvalue weighted by molar-refractivity contribution is 5.72. The van der Waals surface area contributed by atoms with Crippen LogP contribution >= 0.6 is 0 Å². The molecule has 2 heterocycles. The molecule has 1 atom stereocenters. The zero-order valence-corrected chi connectivity index (χ0v) is 21.4. The van der Waals surface area contributed by atoms with E-state index in [1.165, 1.54) is 17.7 Å². The second kappa shape index (κ2) is 9.78. The van der Waals surface area contributed by atoms with E-state index < -0.39 is 23.3 Å². The molecule has 0 saturated carbocycles. The first-order chi connectivity index (χ1) is 17.7. The summed E-state index contributed by atoms with van der Waals surface area (Å²) in [5, 5.41) is 0. The van der Waals surface area contributed by atoms with Gasteiger partial charge in [0.15, 0.2) is 11.4 Å². The number of para-hydroxylation sites is 2. The van der Waals surface area contributed by atoms with Gasteiger partial charge >= 0.3 is 6.03 Å². The molecule has 2 aliphatic heterocycles. The monoisotopic (exact) mass is 506 g/mol. The van der Waals surface area contributed by atoms with Gasteiger partial charge in [0.05, 0.1) is 6.54 Å². The number of benzene rings is 3. The number of rotatable bonds is 4. The van der Waals surface area contributed by atoms with Gasteiger partial charge in [0.1, 0.15) is 29.5 Å². The molecule has 2 aliphatic rings. The number of amides is 2. The molecule has 0 radical (unpaired) electrons. The van der Waals surface area contributed by atoms with Gasteiger partial charge in [-0.3, -0.25) is 4.48 Å². The number of halogens is 2. The van der Waals surface area contributed by atoms with E-state index in [1.807, 2.05) is 24.3 Å². The summed E-state index contributed by atoms with van der Waals surface area (Å²) in [5.74, 6) is -0.0893. The lowest BCUT2D eigenvalue weighted by molar-refractivity contribution is 0.00829. The Labute approximate surface area is 217 Å². The summed E-state index contributed by atoms with van der Waals surface area (Å²) >= 11 is 0. The molecule has 0 aromatic heterocycles. The summed E-state index contributed by atoms with van der Waals surface area (Å²) in [6, 6.07) is 19.7. The van der Waals surface area contributed by atoms with Crippen molar-refractivity contribution in [2.24, 2.45) is 5.73 Å². The number of carbonyl (C=O) groups excluding carboxylic acids is 1. The van der Waals surface area contributed by atoms with Crippen LogP contribution in [-0.2, 0) is 6.54 Å². The lowest BCUT2D eigenvalue weighted by Gasteiger charge is -2.40. The van der Waals surface area contributed by atoms with Crippen molar-refractivity contribution >= 4 is 17.4 Å². The van der Waals surface area contributed by atoms with Gasteiger partial charge in [0, 0.05) is 62.2 Å². The Hall–Kier alpha value is -3.45. The minimum Gasteiger partial charge on any atom is -0.481 e. The van der Waals surface area contributed by atoms with Gasteiger partial charge < -0.3 is 15.4 Å². The number of nitrogens with two attached hydrogens (primary N) is 1. The number of urea groups is 1. The summed E-state index contributed by atoms with van der Waals surface area (Å²) in [5.41, 5.74) is 8.77. The minimum absolute atomic E-state index is 0.229. The molecule has 1 saturated heterocycles.